The van der Waals surface area contributed by atoms with Crippen molar-refractivity contribution in [3.05, 3.63) is 54.0 Å². The topological polar surface area (TPSA) is 61.2 Å². The number of nitrogens with one attached hydrogen (secondary N) is 2. The van der Waals surface area contributed by atoms with Crippen LogP contribution >= 0.6 is 0 Å². The number of aromatic nitrogens is 3. The molecule has 6 nitrogen and oxygen atoms in total. The van der Waals surface area contributed by atoms with Crippen LogP contribution in [0.5, 0.6) is 0 Å². The maximum atomic E-state index is 4.91. The lowest BCUT2D eigenvalue weighted by molar-refractivity contribution is 0.486. The first kappa shape index (κ1) is 17.6. The quantitative estimate of drug-likeness (QED) is 0.541. The molecule has 1 aliphatic rings. The average Bonchev–Trinajstić information content (AvgIpc) is 3.40. The maximum absolute atomic E-state index is 4.91. The van der Waals surface area contributed by atoms with Crippen molar-refractivity contribution in [2.45, 2.75) is 25.7 Å². The molecule has 3 heterocycles. The third-order valence-corrected chi connectivity index (χ3v) is 5.34. The molecule has 0 saturated carbocycles. The Morgan fingerprint density at radius 2 is 2.26 bits per heavy atom. The first-order valence-corrected chi connectivity index (χ1v) is 9.81. The zero-order chi connectivity index (χ0) is 18.6. The summed E-state index contributed by atoms with van der Waals surface area (Å²) in [5, 5.41) is 9.09. The second-order valence-corrected chi connectivity index (χ2v) is 7.22. The maximum Gasteiger partial charge on any atom is 0.193 e. The van der Waals surface area contributed by atoms with Crippen LogP contribution in [0.4, 0.5) is 0 Å². The lowest BCUT2D eigenvalue weighted by Gasteiger charge is -2.21. The van der Waals surface area contributed by atoms with Gasteiger partial charge in [-0.25, -0.2) is 0 Å². The molecule has 1 fully saturated rings. The summed E-state index contributed by atoms with van der Waals surface area (Å²) in [4.78, 5) is 10.6. The summed E-state index contributed by atoms with van der Waals surface area (Å²) in [6, 6.07) is 8.45. The van der Waals surface area contributed by atoms with Crippen molar-refractivity contribution in [2.24, 2.45) is 12.0 Å². The third-order valence-electron chi connectivity index (χ3n) is 5.34. The molecule has 0 aliphatic carbocycles. The molecule has 0 amide bonds. The lowest BCUT2D eigenvalue weighted by atomic mass is 10.0. The van der Waals surface area contributed by atoms with E-state index in [0.717, 1.165) is 45.0 Å². The van der Waals surface area contributed by atoms with E-state index in [1.54, 1.807) is 0 Å². The minimum atomic E-state index is 0.538. The van der Waals surface area contributed by atoms with Crippen LogP contribution in [0.25, 0.3) is 10.9 Å². The molecule has 1 atom stereocenters. The zero-order valence-corrected chi connectivity index (χ0v) is 16.2. The van der Waals surface area contributed by atoms with Crippen LogP contribution in [0.1, 0.15) is 30.4 Å². The molecule has 1 saturated heterocycles. The van der Waals surface area contributed by atoms with Crippen LogP contribution in [-0.2, 0) is 13.5 Å². The Kier molecular flexibility index (Phi) is 5.14. The number of benzene rings is 1. The van der Waals surface area contributed by atoms with E-state index in [4.69, 9.17) is 4.99 Å². The van der Waals surface area contributed by atoms with Gasteiger partial charge in [-0.05, 0) is 37.0 Å². The Morgan fingerprint density at radius 3 is 3.07 bits per heavy atom. The van der Waals surface area contributed by atoms with Gasteiger partial charge in [0.2, 0.25) is 0 Å². The van der Waals surface area contributed by atoms with Crippen molar-refractivity contribution in [2.75, 3.05) is 26.2 Å². The highest BCUT2D eigenvalue weighted by Crippen LogP contribution is 2.26. The summed E-state index contributed by atoms with van der Waals surface area (Å²) in [5.41, 5.74) is 3.86. The molecule has 0 radical (unpaired) electrons. The minimum absolute atomic E-state index is 0.538. The predicted octanol–water partition coefficient (Wildman–Crippen LogP) is 2.90. The van der Waals surface area contributed by atoms with E-state index in [2.05, 4.69) is 63.9 Å². The highest BCUT2D eigenvalue weighted by Gasteiger charge is 2.26. The largest absolute Gasteiger partial charge is 0.361 e. The molecular formula is C21H28N6. The number of hydrogen-bond acceptors (Lipinski definition) is 2. The molecule has 1 aromatic carbocycles. The zero-order valence-electron chi connectivity index (χ0n) is 16.2. The van der Waals surface area contributed by atoms with Gasteiger partial charge in [0.1, 0.15) is 0 Å². The smallest absolute Gasteiger partial charge is 0.193 e. The standard InChI is InChI=1S/C21H28N6/c1-3-22-21(27-11-9-17(15-27)18-13-25-26(2)14-18)23-10-8-16-12-24-20-7-5-4-6-19(16)20/h4-7,12-14,17,24H,3,8-11,15H2,1-2H3,(H,22,23). The van der Waals surface area contributed by atoms with Crippen LogP contribution in [0, 0.1) is 0 Å². The van der Waals surface area contributed by atoms with Crippen LogP contribution < -0.4 is 5.32 Å². The second-order valence-electron chi connectivity index (χ2n) is 7.22. The fourth-order valence-electron chi connectivity index (χ4n) is 3.92. The summed E-state index contributed by atoms with van der Waals surface area (Å²) >= 11 is 0. The first-order chi connectivity index (χ1) is 13.2. The van der Waals surface area contributed by atoms with Gasteiger partial charge >= 0.3 is 0 Å². The van der Waals surface area contributed by atoms with Gasteiger partial charge < -0.3 is 15.2 Å². The van der Waals surface area contributed by atoms with E-state index in [-0.39, 0.29) is 0 Å². The normalized spacial score (nSPS) is 17.8. The molecule has 3 aromatic rings. The average molecular weight is 364 g/mol. The number of H-pyrrole nitrogens is 1. The molecule has 27 heavy (non-hydrogen) atoms. The van der Waals surface area contributed by atoms with Crippen LogP contribution in [0.2, 0.25) is 0 Å². The number of fused-ring (bicyclic) bond motifs is 1. The molecule has 0 bridgehead atoms. The van der Waals surface area contributed by atoms with Crippen molar-refractivity contribution < 1.29 is 0 Å². The molecule has 0 spiro atoms. The monoisotopic (exact) mass is 364 g/mol. The number of para-hydroxylation sites is 1. The van der Waals surface area contributed by atoms with Crippen LogP contribution in [0.3, 0.4) is 0 Å². The van der Waals surface area contributed by atoms with E-state index in [1.807, 2.05) is 17.9 Å². The Labute approximate surface area is 160 Å². The summed E-state index contributed by atoms with van der Waals surface area (Å²) in [6.45, 7) is 5.85. The molecule has 142 valence electrons. The summed E-state index contributed by atoms with van der Waals surface area (Å²) in [7, 11) is 1.98. The fraction of sp³-hybridized carbons (Fsp3) is 0.429. The Bertz CT molecular complexity index is 922. The van der Waals surface area contributed by atoms with Gasteiger partial charge in [-0.15, -0.1) is 0 Å². The summed E-state index contributed by atoms with van der Waals surface area (Å²) in [5.74, 6) is 1.57. The number of guanidine groups is 1. The number of rotatable bonds is 5. The van der Waals surface area contributed by atoms with Crippen molar-refractivity contribution in [1.29, 1.82) is 0 Å². The van der Waals surface area contributed by atoms with Crippen LogP contribution in [-0.4, -0.2) is 51.8 Å². The summed E-state index contributed by atoms with van der Waals surface area (Å²) < 4.78 is 1.89. The van der Waals surface area contributed by atoms with Crippen molar-refractivity contribution in [1.82, 2.24) is 25.0 Å². The number of aliphatic imine (C=N–C) groups is 1. The van der Waals surface area contributed by atoms with E-state index in [0.29, 0.717) is 5.92 Å². The number of likely N-dealkylation sites (tertiary alicyclic amines) is 1. The number of hydrogen-bond donors (Lipinski definition) is 2. The molecular weight excluding hydrogens is 336 g/mol. The van der Waals surface area contributed by atoms with Crippen molar-refractivity contribution in [3.63, 3.8) is 0 Å². The van der Waals surface area contributed by atoms with E-state index >= 15 is 0 Å². The number of aryl methyl sites for hydroxylation is 1. The fourth-order valence-corrected chi connectivity index (χ4v) is 3.92. The number of aromatic amines is 1. The number of nitrogens with zero attached hydrogens (tertiary/aromatic N) is 4. The Balaban J connectivity index is 1.41. The molecule has 2 N–H and O–H groups in total. The van der Waals surface area contributed by atoms with E-state index in [1.165, 1.54) is 22.0 Å². The van der Waals surface area contributed by atoms with Gasteiger partial charge in [-0.1, -0.05) is 18.2 Å². The minimum Gasteiger partial charge on any atom is -0.361 e. The van der Waals surface area contributed by atoms with Gasteiger partial charge in [-0.3, -0.25) is 9.67 Å². The van der Waals surface area contributed by atoms with Gasteiger partial charge in [-0.2, -0.15) is 5.10 Å². The summed E-state index contributed by atoms with van der Waals surface area (Å²) in [6.07, 6.45) is 8.34. The van der Waals surface area contributed by atoms with Crippen molar-refractivity contribution >= 4 is 16.9 Å². The lowest BCUT2D eigenvalue weighted by Crippen LogP contribution is -2.40. The van der Waals surface area contributed by atoms with E-state index < -0.39 is 0 Å². The highest BCUT2D eigenvalue weighted by molar-refractivity contribution is 5.83. The molecule has 6 heteroatoms. The molecule has 2 aromatic heterocycles. The van der Waals surface area contributed by atoms with Gasteiger partial charge in [0.15, 0.2) is 5.96 Å². The Morgan fingerprint density at radius 1 is 1.37 bits per heavy atom. The molecule has 1 aliphatic heterocycles. The predicted molar refractivity (Wildman–Crippen MR) is 110 cm³/mol. The SMILES string of the molecule is CCNC(=NCCc1c[nH]c2ccccc12)N1CCC(c2cnn(C)c2)C1. The Hall–Kier alpha value is -2.76. The highest BCUT2D eigenvalue weighted by atomic mass is 15.3. The van der Waals surface area contributed by atoms with Gasteiger partial charge in [0.05, 0.1) is 6.20 Å². The van der Waals surface area contributed by atoms with Crippen LogP contribution in [0.15, 0.2) is 47.8 Å². The van der Waals surface area contributed by atoms with Gasteiger partial charge in [0, 0.05) is 62.4 Å². The van der Waals surface area contributed by atoms with E-state index in [9.17, 15) is 0 Å². The molecule has 4 rings (SSSR count). The van der Waals surface area contributed by atoms with Gasteiger partial charge in [0.25, 0.3) is 0 Å². The third kappa shape index (κ3) is 3.84. The first-order valence-electron chi connectivity index (χ1n) is 9.81. The van der Waals surface area contributed by atoms with Crippen molar-refractivity contribution in [3.8, 4) is 0 Å². The molecule has 1 unspecified atom stereocenters. The second kappa shape index (κ2) is 7.86.